The van der Waals surface area contributed by atoms with Crippen molar-refractivity contribution < 1.29 is 4.79 Å². The molecule has 1 amide bonds. The van der Waals surface area contributed by atoms with E-state index in [2.05, 4.69) is 43.4 Å². The normalized spacial score (nSPS) is 16.2. The van der Waals surface area contributed by atoms with Gasteiger partial charge in [0.05, 0.1) is 0 Å². The number of carbonyl (C=O) groups is 1. The number of nitrogens with two attached hydrogens (primary N) is 1. The molecule has 0 bridgehead atoms. The first-order chi connectivity index (χ1) is 8.66. The van der Waals surface area contributed by atoms with E-state index < -0.39 is 0 Å². The second-order valence-corrected chi connectivity index (χ2v) is 4.82. The molecular weight excluding hydrogens is 222 g/mol. The number of allylic oxidation sites excluding steroid dienone is 4. The van der Waals surface area contributed by atoms with Crippen molar-refractivity contribution in [1.29, 1.82) is 0 Å². The largest absolute Gasteiger partial charge is 0.370 e. The van der Waals surface area contributed by atoms with Gasteiger partial charge in [-0.3, -0.25) is 4.79 Å². The van der Waals surface area contributed by atoms with Crippen molar-refractivity contribution >= 4 is 5.91 Å². The number of benzene rings is 1. The Kier molecular flexibility index (Phi) is 3.98. The number of carbonyl (C=O) groups excluding carboxylic acids is 1. The lowest BCUT2D eigenvalue weighted by atomic mass is 9.85. The quantitative estimate of drug-likeness (QED) is 0.864. The summed E-state index contributed by atoms with van der Waals surface area (Å²) in [7, 11) is 0. The summed E-state index contributed by atoms with van der Waals surface area (Å²) < 4.78 is 0. The van der Waals surface area contributed by atoms with Crippen LogP contribution in [0.3, 0.4) is 0 Å². The fourth-order valence-corrected chi connectivity index (χ4v) is 2.41. The smallest absolute Gasteiger partial charge is 0.218 e. The number of hydrogen-bond donors (Lipinski definition) is 1. The Morgan fingerprint density at radius 2 is 2.22 bits per heavy atom. The first-order valence-corrected chi connectivity index (χ1v) is 6.38. The monoisotopic (exact) mass is 241 g/mol. The highest BCUT2D eigenvalue weighted by Crippen LogP contribution is 2.31. The van der Waals surface area contributed by atoms with Gasteiger partial charge in [0.15, 0.2) is 0 Å². The van der Waals surface area contributed by atoms with Gasteiger partial charge in [0.25, 0.3) is 0 Å². The summed E-state index contributed by atoms with van der Waals surface area (Å²) >= 11 is 0. The van der Waals surface area contributed by atoms with Crippen molar-refractivity contribution in [3.63, 3.8) is 0 Å². The van der Waals surface area contributed by atoms with Gasteiger partial charge in [-0.2, -0.15) is 0 Å². The molecule has 0 radical (unpaired) electrons. The summed E-state index contributed by atoms with van der Waals surface area (Å²) in [5.74, 6) is -0.152. The van der Waals surface area contributed by atoms with Gasteiger partial charge in [0.1, 0.15) is 0 Å². The fourth-order valence-electron chi connectivity index (χ4n) is 2.41. The predicted octanol–water partition coefficient (Wildman–Crippen LogP) is 3.23. The van der Waals surface area contributed by atoms with Crippen molar-refractivity contribution in [3.05, 3.63) is 59.2 Å². The molecule has 0 saturated carbocycles. The Bertz CT molecular complexity index is 500. The van der Waals surface area contributed by atoms with Crippen molar-refractivity contribution in [3.8, 4) is 0 Å². The number of amides is 1. The fraction of sp³-hybridized carbons (Fsp3) is 0.312. The molecule has 2 N–H and O–H groups in total. The second-order valence-electron chi connectivity index (χ2n) is 4.82. The molecule has 2 heteroatoms. The minimum absolute atomic E-state index is 0.0962. The Hall–Kier alpha value is -1.83. The van der Waals surface area contributed by atoms with Crippen LogP contribution in [0.25, 0.3) is 0 Å². The molecule has 1 aliphatic carbocycles. The van der Waals surface area contributed by atoms with E-state index in [4.69, 9.17) is 5.73 Å². The second kappa shape index (κ2) is 5.67. The molecule has 0 spiro atoms. The van der Waals surface area contributed by atoms with Gasteiger partial charge in [0, 0.05) is 12.3 Å². The van der Waals surface area contributed by atoms with Crippen molar-refractivity contribution in [2.45, 2.75) is 32.1 Å². The Morgan fingerprint density at radius 3 is 2.83 bits per heavy atom. The molecule has 18 heavy (non-hydrogen) atoms. The molecule has 1 atom stereocenters. The zero-order chi connectivity index (χ0) is 13.0. The number of rotatable bonds is 4. The molecular formula is C16H19NO. The SMILES string of the molecule is Cc1cccc(C(CC(N)=O)C2=CCCC=C2)c1. The highest BCUT2D eigenvalue weighted by atomic mass is 16.1. The highest BCUT2D eigenvalue weighted by Gasteiger charge is 2.18. The van der Waals surface area contributed by atoms with E-state index in [0.717, 1.165) is 12.8 Å². The average Bonchev–Trinajstić information content (AvgIpc) is 2.37. The molecule has 94 valence electrons. The van der Waals surface area contributed by atoms with E-state index in [0.29, 0.717) is 6.42 Å². The maximum absolute atomic E-state index is 11.3. The Morgan fingerprint density at radius 1 is 1.39 bits per heavy atom. The molecule has 2 rings (SSSR count). The van der Waals surface area contributed by atoms with Crippen LogP contribution in [0, 0.1) is 6.92 Å². The lowest BCUT2D eigenvalue weighted by Crippen LogP contribution is -2.16. The van der Waals surface area contributed by atoms with Crippen molar-refractivity contribution in [1.82, 2.24) is 0 Å². The molecule has 1 aliphatic rings. The van der Waals surface area contributed by atoms with E-state index >= 15 is 0 Å². The topological polar surface area (TPSA) is 43.1 Å². The molecule has 2 nitrogen and oxygen atoms in total. The molecule has 0 aromatic heterocycles. The number of primary amides is 1. The van der Waals surface area contributed by atoms with Gasteiger partial charge >= 0.3 is 0 Å². The minimum atomic E-state index is -0.249. The van der Waals surface area contributed by atoms with Crippen LogP contribution in [0.1, 0.15) is 36.3 Å². The highest BCUT2D eigenvalue weighted by molar-refractivity contribution is 5.75. The first-order valence-electron chi connectivity index (χ1n) is 6.38. The summed E-state index contributed by atoms with van der Waals surface area (Å²) in [5.41, 5.74) is 8.98. The summed E-state index contributed by atoms with van der Waals surface area (Å²) in [5, 5.41) is 0. The molecule has 1 unspecified atom stereocenters. The third-order valence-electron chi connectivity index (χ3n) is 3.28. The molecule has 0 aliphatic heterocycles. The molecule has 0 saturated heterocycles. The van der Waals surface area contributed by atoms with E-state index in [9.17, 15) is 4.79 Å². The van der Waals surface area contributed by atoms with E-state index in [1.54, 1.807) is 0 Å². The predicted molar refractivity (Wildman–Crippen MR) is 74.2 cm³/mol. The van der Waals surface area contributed by atoms with Crippen LogP contribution in [-0.2, 0) is 4.79 Å². The van der Waals surface area contributed by atoms with Crippen molar-refractivity contribution in [2.24, 2.45) is 5.73 Å². The van der Waals surface area contributed by atoms with Crippen LogP contribution in [0.2, 0.25) is 0 Å². The van der Waals surface area contributed by atoms with E-state index in [1.807, 2.05) is 6.07 Å². The third kappa shape index (κ3) is 3.10. The lowest BCUT2D eigenvalue weighted by Gasteiger charge is -2.20. The summed E-state index contributed by atoms with van der Waals surface area (Å²) in [6.45, 7) is 2.07. The van der Waals surface area contributed by atoms with Gasteiger partial charge in [-0.25, -0.2) is 0 Å². The van der Waals surface area contributed by atoms with Crippen LogP contribution in [0.4, 0.5) is 0 Å². The van der Waals surface area contributed by atoms with Crippen LogP contribution in [0.15, 0.2) is 48.1 Å². The van der Waals surface area contributed by atoms with Gasteiger partial charge in [-0.15, -0.1) is 0 Å². The van der Waals surface area contributed by atoms with Gasteiger partial charge < -0.3 is 5.73 Å². The maximum Gasteiger partial charge on any atom is 0.218 e. The number of aryl methyl sites for hydroxylation is 1. The molecule has 0 heterocycles. The Balaban J connectivity index is 2.33. The van der Waals surface area contributed by atoms with Gasteiger partial charge in [0.2, 0.25) is 5.91 Å². The van der Waals surface area contributed by atoms with E-state index in [-0.39, 0.29) is 11.8 Å². The maximum atomic E-state index is 11.3. The van der Waals surface area contributed by atoms with Gasteiger partial charge in [-0.1, -0.05) is 48.1 Å². The molecule has 0 fully saturated rings. The lowest BCUT2D eigenvalue weighted by molar-refractivity contribution is -0.118. The average molecular weight is 241 g/mol. The first kappa shape index (κ1) is 12.6. The standard InChI is InChI=1S/C16H19NO/c1-12-6-5-9-14(10-12)15(11-16(17)18)13-7-3-2-4-8-13/h3,5-10,15H,2,4,11H2,1H3,(H2,17,18). The zero-order valence-electron chi connectivity index (χ0n) is 10.7. The summed E-state index contributed by atoms with van der Waals surface area (Å²) in [4.78, 5) is 11.3. The zero-order valence-corrected chi connectivity index (χ0v) is 10.7. The van der Waals surface area contributed by atoms with Gasteiger partial charge in [-0.05, 0) is 30.9 Å². The molecule has 1 aromatic carbocycles. The van der Waals surface area contributed by atoms with Crippen LogP contribution in [-0.4, -0.2) is 5.91 Å². The molecule has 1 aromatic rings. The third-order valence-corrected chi connectivity index (χ3v) is 3.28. The Labute approximate surface area is 108 Å². The van der Waals surface area contributed by atoms with Crippen LogP contribution >= 0.6 is 0 Å². The van der Waals surface area contributed by atoms with Crippen LogP contribution < -0.4 is 5.73 Å². The van der Waals surface area contributed by atoms with Crippen LogP contribution in [0.5, 0.6) is 0 Å². The summed E-state index contributed by atoms with van der Waals surface area (Å²) in [6, 6.07) is 8.31. The minimum Gasteiger partial charge on any atom is -0.370 e. The number of hydrogen-bond acceptors (Lipinski definition) is 1. The van der Waals surface area contributed by atoms with Crippen molar-refractivity contribution in [2.75, 3.05) is 0 Å². The van der Waals surface area contributed by atoms with E-state index in [1.165, 1.54) is 16.7 Å². The summed E-state index contributed by atoms with van der Waals surface area (Å²) in [6.07, 6.45) is 9.02.